The van der Waals surface area contributed by atoms with Gasteiger partial charge in [-0.2, -0.15) is 0 Å². The van der Waals surface area contributed by atoms with Crippen molar-refractivity contribution in [1.29, 1.82) is 0 Å². The molecule has 1 aromatic carbocycles. The van der Waals surface area contributed by atoms with E-state index in [1.807, 2.05) is 32.9 Å². The minimum atomic E-state index is -0.725. The zero-order valence-corrected chi connectivity index (χ0v) is 20.2. The number of benzene rings is 1. The Kier molecular flexibility index (Phi) is 4.89. The Labute approximate surface area is 192 Å². The van der Waals surface area contributed by atoms with Gasteiger partial charge in [-0.1, -0.05) is 15.9 Å². The monoisotopic (exact) mass is 486 g/mol. The molecule has 5 nitrogen and oxygen atoms in total. The summed E-state index contributed by atoms with van der Waals surface area (Å²) in [4.78, 5) is 43.7. The normalized spacial score (nSPS) is 34.5. The number of nitrogens with zero attached hydrogens (tertiary/aromatic N) is 2. The van der Waals surface area contributed by atoms with Crippen LogP contribution < -0.4 is 4.90 Å². The third-order valence-electron chi connectivity index (χ3n) is 7.95. The first kappa shape index (κ1) is 21.2. The fraction of sp³-hybridized carbons (Fsp3) is 0.640. The van der Waals surface area contributed by atoms with E-state index < -0.39 is 11.6 Å². The van der Waals surface area contributed by atoms with Crippen LogP contribution in [0.15, 0.2) is 28.7 Å². The van der Waals surface area contributed by atoms with E-state index in [0.29, 0.717) is 23.4 Å². The summed E-state index contributed by atoms with van der Waals surface area (Å²) in [6.45, 7) is 5.97. The molecule has 0 radical (unpaired) electrons. The molecule has 0 aromatic heterocycles. The molecule has 0 spiro atoms. The number of carbonyl (C=O) groups excluding carboxylic acids is 3. The molecule has 1 heterocycles. The molecular formula is C25H31BrN2O3. The molecule has 1 aliphatic heterocycles. The minimum absolute atomic E-state index is 0.0598. The molecular weight excluding hydrogens is 456 g/mol. The van der Waals surface area contributed by atoms with E-state index >= 15 is 0 Å². The van der Waals surface area contributed by atoms with E-state index in [1.54, 1.807) is 17.0 Å². The lowest BCUT2D eigenvalue weighted by Crippen LogP contribution is -2.62. The van der Waals surface area contributed by atoms with Crippen molar-refractivity contribution in [2.24, 2.45) is 23.2 Å². The summed E-state index contributed by atoms with van der Waals surface area (Å²) in [5.41, 5.74) is -0.301. The highest BCUT2D eigenvalue weighted by atomic mass is 79.9. The summed E-state index contributed by atoms with van der Waals surface area (Å²) >= 11 is 3.40. The quantitative estimate of drug-likeness (QED) is 0.569. The van der Waals surface area contributed by atoms with Crippen molar-refractivity contribution in [3.05, 3.63) is 28.7 Å². The van der Waals surface area contributed by atoms with Gasteiger partial charge >= 0.3 is 0 Å². The van der Waals surface area contributed by atoms with E-state index in [9.17, 15) is 14.4 Å². The van der Waals surface area contributed by atoms with Crippen molar-refractivity contribution in [3.63, 3.8) is 0 Å². The van der Waals surface area contributed by atoms with E-state index in [0.717, 1.165) is 23.7 Å². The zero-order valence-electron chi connectivity index (χ0n) is 18.6. The average molecular weight is 487 g/mol. The maximum atomic E-state index is 14.2. The predicted octanol–water partition coefficient (Wildman–Crippen LogP) is 4.92. The molecule has 1 aromatic rings. The van der Waals surface area contributed by atoms with Gasteiger partial charge in [-0.15, -0.1) is 0 Å². The van der Waals surface area contributed by atoms with Crippen molar-refractivity contribution in [2.45, 2.75) is 77.3 Å². The molecule has 166 valence electrons. The van der Waals surface area contributed by atoms with Gasteiger partial charge in [0.2, 0.25) is 11.8 Å². The zero-order chi connectivity index (χ0) is 22.1. The molecule has 4 aliphatic carbocycles. The summed E-state index contributed by atoms with van der Waals surface area (Å²) in [7, 11) is 0. The molecule has 1 atom stereocenters. The van der Waals surface area contributed by atoms with Crippen LogP contribution in [-0.4, -0.2) is 34.2 Å². The highest BCUT2D eigenvalue weighted by molar-refractivity contribution is 9.10. The van der Waals surface area contributed by atoms with Crippen LogP contribution >= 0.6 is 15.9 Å². The van der Waals surface area contributed by atoms with Crippen LogP contribution in [0.2, 0.25) is 0 Å². The van der Waals surface area contributed by atoms with E-state index in [1.165, 1.54) is 24.2 Å². The highest BCUT2D eigenvalue weighted by Gasteiger charge is 2.58. The van der Waals surface area contributed by atoms with Gasteiger partial charge in [-0.3, -0.25) is 14.4 Å². The lowest BCUT2D eigenvalue weighted by Gasteiger charge is -2.58. The van der Waals surface area contributed by atoms with Gasteiger partial charge in [0.25, 0.3) is 5.91 Å². The van der Waals surface area contributed by atoms with Crippen molar-refractivity contribution < 1.29 is 14.4 Å². The molecule has 6 heteroatoms. The number of carbonyl (C=O) groups is 3. The first-order valence-corrected chi connectivity index (χ1v) is 12.3. The van der Waals surface area contributed by atoms with Crippen molar-refractivity contribution >= 4 is 39.3 Å². The average Bonchev–Trinajstić information content (AvgIpc) is 2.94. The number of halogens is 1. The first-order valence-electron chi connectivity index (χ1n) is 11.5. The van der Waals surface area contributed by atoms with Crippen LogP contribution in [0.1, 0.15) is 65.7 Å². The molecule has 4 saturated carbocycles. The maximum Gasteiger partial charge on any atom is 0.257 e. The molecule has 1 unspecified atom stereocenters. The minimum Gasteiger partial charge on any atom is -0.325 e. The third-order valence-corrected chi connectivity index (χ3v) is 8.48. The van der Waals surface area contributed by atoms with E-state index in [4.69, 9.17) is 0 Å². The van der Waals surface area contributed by atoms with E-state index in [-0.39, 0.29) is 29.6 Å². The lowest BCUT2D eigenvalue weighted by atomic mass is 9.49. The van der Waals surface area contributed by atoms with Crippen LogP contribution in [0.3, 0.4) is 0 Å². The van der Waals surface area contributed by atoms with Crippen molar-refractivity contribution in [3.8, 4) is 0 Å². The van der Waals surface area contributed by atoms with E-state index in [2.05, 4.69) is 15.9 Å². The van der Waals surface area contributed by atoms with Gasteiger partial charge in [-0.25, -0.2) is 4.90 Å². The SMILES string of the molecule is CC(C)(C)N(C(=O)C12CC3CC(CC(C3)C1)C2)C1CC(=O)N(c2ccc(Br)cc2)C1=O. The second-order valence-electron chi connectivity index (χ2n) is 11.3. The fourth-order valence-corrected chi connectivity index (χ4v) is 7.49. The van der Waals surface area contributed by atoms with Crippen LogP contribution in [0.5, 0.6) is 0 Å². The van der Waals surface area contributed by atoms with Crippen LogP contribution in [0.25, 0.3) is 0 Å². The Morgan fingerprint density at radius 3 is 2.00 bits per heavy atom. The van der Waals surface area contributed by atoms with Gasteiger partial charge in [0, 0.05) is 10.0 Å². The Morgan fingerprint density at radius 1 is 1.00 bits per heavy atom. The molecule has 5 fully saturated rings. The Morgan fingerprint density at radius 2 is 1.52 bits per heavy atom. The predicted molar refractivity (Wildman–Crippen MR) is 122 cm³/mol. The van der Waals surface area contributed by atoms with Gasteiger partial charge in [0.1, 0.15) is 6.04 Å². The van der Waals surface area contributed by atoms with Crippen LogP contribution in [-0.2, 0) is 14.4 Å². The smallest absolute Gasteiger partial charge is 0.257 e. The lowest BCUT2D eigenvalue weighted by molar-refractivity contribution is -0.167. The summed E-state index contributed by atoms with van der Waals surface area (Å²) in [5, 5.41) is 0. The summed E-state index contributed by atoms with van der Waals surface area (Å²) < 4.78 is 0.889. The Hall–Kier alpha value is -1.69. The molecule has 31 heavy (non-hydrogen) atoms. The highest BCUT2D eigenvalue weighted by Crippen LogP contribution is 2.61. The molecule has 0 N–H and O–H groups in total. The summed E-state index contributed by atoms with van der Waals surface area (Å²) in [6.07, 6.45) is 6.71. The van der Waals surface area contributed by atoms with Gasteiger partial charge in [0.05, 0.1) is 17.5 Å². The Balaban J connectivity index is 1.47. The number of anilines is 1. The van der Waals surface area contributed by atoms with Gasteiger partial charge < -0.3 is 4.90 Å². The molecule has 4 bridgehead atoms. The van der Waals surface area contributed by atoms with Crippen LogP contribution in [0, 0.1) is 23.2 Å². The first-order chi connectivity index (χ1) is 14.6. The molecule has 6 rings (SSSR count). The van der Waals surface area contributed by atoms with Crippen molar-refractivity contribution in [2.75, 3.05) is 4.90 Å². The van der Waals surface area contributed by atoms with Crippen LogP contribution in [0.4, 0.5) is 5.69 Å². The molecule has 1 saturated heterocycles. The maximum absolute atomic E-state index is 14.2. The second kappa shape index (κ2) is 7.16. The van der Waals surface area contributed by atoms with Gasteiger partial charge in [0.15, 0.2) is 0 Å². The number of hydrogen-bond acceptors (Lipinski definition) is 3. The number of imide groups is 1. The molecule has 3 amide bonds. The van der Waals surface area contributed by atoms with Gasteiger partial charge in [-0.05, 0) is 101 Å². The number of hydrogen-bond donors (Lipinski definition) is 0. The second-order valence-corrected chi connectivity index (χ2v) is 12.2. The number of amides is 3. The summed E-state index contributed by atoms with van der Waals surface area (Å²) in [5.74, 6) is 1.56. The summed E-state index contributed by atoms with van der Waals surface area (Å²) in [6, 6.07) is 6.46. The largest absolute Gasteiger partial charge is 0.325 e. The topological polar surface area (TPSA) is 57.7 Å². The standard InChI is InChI=1S/C25H31BrN2O3/c1-24(2,3)28(23(31)25-12-15-8-16(13-25)10-17(9-15)14-25)20-11-21(29)27(22(20)30)19-6-4-18(26)5-7-19/h4-7,15-17,20H,8-14H2,1-3H3. The number of rotatable bonds is 3. The Bertz CT molecular complexity index is 898. The third kappa shape index (κ3) is 3.46. The molecule has 5 aliphatic rings. The van der Waals surface area contributed by atoms with Crippen molar-refractivity contribution in [1.82, 2.24) is 4.90 Å². The fourth-order valence-electron chi connectivity index (χ4n) is 7.22.